The van der Waals surface area contributed by atoms with Gasteiger partial charge in [-0.05, 0) is 55.1 Å². The predicted molar refractivity (Wildman–Crippen MR) is 93.8 cm³/mol. The van der Waals surface area contributed by atoms with E-state index < -0.39 is 0 Å². The second-order valence-corrected chi connectivity index (χ2v) is 7.23. The lowest BCUT2D eigenvalue weighted by atomic mass is 9.72. The van der Waals surface area contributed by atoms with Crippen molar-refractivity contribution >= 4 is 11.6 Å². The van der Waals surface area contributed by atoms with Crippen molar-refractivity contribution in [1.82, 2.24) is 4.90 Å². The second kappa shape index (κ2) is 6.27. The van der Waals surface area contributed by atoms with Crippen molar-refractivity contribution in [3.8, 4) is 0 Å². The SMILES string of the molecule is O[C@@H]1C2CCN(CC2)[C@H]1C(c1ccccc1)c1ccc(Cl)cc1. The Morgan fingerprint density at radius 3 is 2.13 bits per heavy atom. The molecule has 2 aromatic carbocycles. The monoisotopic (exact) mass is 327 g/mol. The highest BCUT2D eigenvalue weighted by molar-refractivity contribution is 6.30. The quantitative estimate of drug-likeness (QED) is 0.923. The van der Waals surface area contributed by atoms with Crippen molar-refractivity contribution < 1.29 is 5.11 Å². The average molecular weight is 328 g/mol. The molecule has 0 saturated carbocycles. The Labute approximate surface area is 142 Å². The van der Waals surface area contributed by atoms with Crippen LogP contribution in [0.4, 0.5) is 0 Å². The zero-order valence-electron chi connectivity index (χ0n) is 13.1. The lowest BCUT2D eigenvalue weighted by molar-refractivity contribution is -0.0775. The molecular weight excluding hydrogens is 306 g/mol. The van der Waals surface area contributed by atoms with Crippen LogP contribution in [0.1, 0.15) is 29.9 Å². The smallest absolute Gasteiger partial charge is 0.0733 e. The fraction of sp³-hybridized carbons (Fsp3) is 0.400. The van der Waals surface area contributed by atoms with Crippen LogP contribution in [0.25, 0.3) is 0 Å². The minimum absolute atomic E-state index is 0.158. The van der Waals surface area contributed by atoms with E-state index in [4.69, 9.17) is 11.6 Å². The van der Waals surface area contributed by atoms with E-state index in [2.05, 4.69) is 41.3 Å². The van der Waals surface area contributed by atoms with Gasteiger partial charge in [0.15, 0.2) is 0 Å². The van der Waals surface area contributed by atoms with Crippen molar-refractivity contribution in [2.45, 2.75) is 30.9 Å². The molecule has 0 aromatic heterocycles. The summed E-state index contributed by atoms with van der Waals surface area (Å²) in [5.41, 5.74) is 2.50. The maximum Gasteiger partial charge on any atom is 0.0733 e. The summed E-state index contributed by atoms with van der Waals surface area (Å²) in [7, 11) is 0. The first kappa shape index (κ1) is 15.2. The number of halogens is 1. The number of aliphatic hydroxyl groups is 1. The van der Waals surface area contributed by atoms with Crippen LogP contribution in [0.15, 0.2) is 54.6 Å². The van der Waals surface area contributed by atoms with Gasteiger partial charge in [0.2, 0.25) is 0 Å². The molecule has 0 spiro atoms. The lowest BCUT2D eigenvalue weighted by Gasteiger charge is -2.52. The maximum atomic E-state index is 10.9. The van der Waals surface area contributed by atoms with Crippen molar-refractivity contribution in [1.29, 1.82) is 0 Å². The van der Waals surface area contributed by atoms with E-state index in [0.717, 1.165) is 31.0 Å². The Morgan fingerprint density at radius 1 is 0.913 bits per heavy atom. The first-order valence-electron chi connectivity index (χ1n) is 8.46. The van der Waals surface area contributed by atoms with Gasteiger partial charge in [0.05, 0.1) is 6.10 Å². The first-order valence-corrected chi connectivity index (χ1v) is 8.84. The Bertz CT molecular complexity index is 647. The summed E-state index contributed by atoms with van der Waals surface area (Å²) >= 11 is 6.08. The molecule has 1 unspecified atom stereocenters. The number of hydrogen-bond donors (Lipinski definition) is 1. The maximum absolute atomic E-state index is 10.9. The minimum atomic E-state index is -0.251. The van der Waals surface area contributed by atoms with Crippen molar-refractivity contribution in [3.63, 3.8) is 0 Å². The molecule has 0 radical (unpaired) electrons. The molecule has 1 N–H and O–H groups in total. The Hall–Kier alpha value is -1.35. The molecule has 3 aliphatic rings. The van der Waals surface area contributed by atoms with Crippen molar-refractivity contribution in [3.05, 3.63) is 70.7 Å². The normalized spacial score (nSPS) is 31.0. The molecule has 5 rings (SSSR count). The third kappa shape index (κ3) is 2.80. The van der Waals surface area contributed by atoms with Gasteiger partial charge in [-0.2, -0.15) is 0 Å². The van der Waals surface area contributed by atoms with Gasteiger partial charge >= 0.3 is 0 Å². The Balaban J connectivity index is 1.78. The third-order valence-corrected chi connectivity index (χ3v) is 5.81. The average Bonchev–Trinajstić information content (AvgIpc) is 2.61. The van der Waals surface area contributed by atoms with Gasteiger partial charge in [0.25, 0.3) is 0 Å². The van der Waals surface area contributed by atoms with Gasteiger partial charge in [-0.3, -0.25) is 4.90 Å². The molecule has 3 atom stereocenters. The summed E-state index contributed by atoms with van der Waals surface area (Å²) in [6.45, 7) is 2.20. The minimum Gasteiger partial charge on any atom is -0.391 e. The molecule has 2 bridgehead atoms. The molecule has 3 aliphatic heterocycles. The summed E-state index contributed by atoms with van der Waals surface area (Å²) in [4.78, 5) is 2.48. The molecule has 0 aliphatic carbocycles. The van der Waals surface area contributed by atoms with Gasteiger partial charge in [-0.15, -0.1) is 0 Å². The largest absolute Gasteiger partial charge is 0.391 e. The highest BCUT2D eigenvalue weighted by atomic mass is 35.5. The predicted octanol–water partition coefficient (Wildman–Crippen LogP) is 3.93. The van der Waals surface area contributed by atoms with E-state index >= 15 is 0 Å². The number of aliphatic hydroxyl groups excluding tert-OH is 1. The molecule has 2 aromatic rings. The molecule has 2 nitrogen and oxygen atoms in total. The summed E-state index contributed by atoms with van der Waals surface area (Å²) in [5.74, 6) is 0.634. The Morgan fingerprint density at radius 2 is 1.52 bits per heavy atom. The Kier molecular flexibility index (Phi) is 4.14. The van der Waals surface area contributed by atoms with Gasteiger partial charge < -0.3 is 5.11 Å². The van der Waals surface area contributed by atoms with E-state index in [1.165, 1.54) is 11.1 Å². The number of hydrogen-bond acceptors (Lipinski definition) is 2. The molecule has 3 fully saturated rings. The van der Waals surface area contributed by atoms with Crippen LogP contribution in [0.5, 0.6) is 0 Å². The fourth-order valence-corrected chi connectivity index (χ4v) is 4.51. The van der Waals surface area contributed by atoms with Crippen LogP contribution >= 0.6 is 11.6 Å². The van der Waals surface area contributed by atoms with Crippen LogP contribution < -0.4 is 0 Å². The first-order chi connectivity index (χ1) is 11.2. The highest BCUT2D eigenvalue weighted by Crippen LogP contribution is 2.42. The van der Waals surface area contributed by atoms with Crippen LogP contribution in [-0.2, 0) is 0 Å². The van der Waals surface area contributed by atoms with E-state index in [1.807, 2.05) is 18.2 Å². The van der Waals surface area contributed by atoms with Gasteiger partial charge in [0, 0.05) is 17.0 Å². The summed E-state index contributed by atoms with van der Waals surface area (Å²) < 4.78 is 0. The number of benzene rings is 2. The molecule has 0 amide bonds. The van der Waals surface area contributed by atoms with Crippen LogP contribution in [0, 0.1) is 5.92 Å². The molecule has 23 heavy (non-hydrogen) atoms. The van der Waals surface area contributed by atoms with Crippen molar-refractivity contribution in [2.24, 2.45) is 5.92 Å². The third-order valence-electron chi connectivity index (χ3n) is 5.56. The second-order valence-electron chi connectivity index (χ2n) is 6.79. The summed E-state index contributed by atoms with van der Waals surface area (Å²) in [6.07, 6.45) is 2.00. The van der Waals surface area contributed by atoms with Crippen molar-refractivity contribution in [2.75, 3.05) is 13.1 Å². The zero-order chi connectivity index (χ0) is 15.8. The van der Waals surface area contributed by atoms with E-state index in [9.17, 15) is 5.11 Å². The van der Waals surface area contributed by atoms with E-state index in [0.29, 0.717) is 5.92 Å². The van der Waals surface area contributed by atoms with Gasteiger partial charge in [-0.1, -0.05) is 54.1 Å². The topological polar surface area (TPSA) is 23.5 Å². The van der Waals surface area contributed by atoms with E-state index in [1.54, 1.807) is 0 Å². The molecule has 3 heteroatoms. The van der Waals surface area contributed by atoms with E-state index in [-0.39, 0.29) is 18.1 Å². The molecule has 3 saturated heterocycles. The fourth-order valence-electron chi connectivity index (χ4n) is 4.38. The number of piperidine rings is 3. The molecule has 120 valence electrons. The zero-order valence-corrected chi connectivity index (χ0v) is 13.9. The molecule has 3 heterocycles. The summed E-state index contributed by atoms with van der Waals surface area (Å²) in [5, 5.41) is 11.7. The standard InChI is InChI=1S/C20H22ClNO/c21-17-8-6-15(7-9-17)18(14-4-2-1-3-5-14)19-20(23)16-10-12-22(19)13-11-16/h1-9,16,18-20,23H,10-13H2/t18?,19-,20+/m0/s1. The highest BCUT2D eigenvalue weighted by Gasteiger charge is 2.45. The van der Waals surface area contributed by atoms with Crippen LogP contribution in [-0.4, -0.2) is 35.2 Å². The lowest BCUT2D eigenvalue weighted by Crippen LogP contribution is -2.60. The number of rotatable bonds is 3. The number of nitrogens with zero attached hydrogens (tertiary/aromatic N) is 1. The number of fused-ring (bicyclic) bond motifs is 3. The van der Waals surface area contributed by atoms with Gasteiger partial charge in [-0.25, -0.2) is 0 Å². The van der Waals surface area contributed by atoms with Crippen LogP contribution in [0.2, 0.25) is 5.02 Å². The molecular formula is C20H22ClNO. The summed E-state index contributed by atoms with van der Waals surface area (Å²) in [6, 6.07) is 18.8. The van der Waals surface area contributed by atoms with Crippen LogP contribution in [0.3, 0.4) is 0 Å². The van der Waals surface area contributed by atoms with Gasteiger partial charge in [0.1, 0.15) is 0 Å².